The topological polar surface area (TPSA) is 29.5 Å². The van der Waals surface area contributed by atoms with Crippen molar-refractivity contribution in [1.29, 1.82) is 0 Å². The molecule has 2 aromatic carbocycles. The van der Waals surface area contributed by atoms with Crippen molar-refractivity contribution < 1.29 is 9.53 Å². The second kappa shape index (κ2) is 11.1. The minimum atomic E-state index is 0.236. The van der Waals surface area contributed by atoms with Gasteiger partial charge in [0.25, 0.3) is 0 Å². The van der Waals surface area contributed by atoms with Gasteiger partial charge in [-0.05, 0) is 43.2 Å². The van der Waals surface area contributed by atoms with Crippen LogP contribution in [0.4, 0.5) is 0 Å². The van der Waals surface area contributed by atoms with Crippen LogP contribution < -0.4 is 0 Å². The zero-order valence-corrected chi connectivity index (χ0v) is 17.1. The molecule has 0 amide bonds. The molecule has 0 N–H and O–H groups in total. The maximum atomic E-state index is 11.7. The van der Waals surface area contributed by atoms with Crippen LogP contribution in [-0.2, 0) is 22.6 Å². The average Bonchev–Trinajstić information content (AvgIpc) is 2.74. The van der Waals surface area contributed by atoms with Gasteiger partial charge < -0.3 is 4.74 Å². The first-order valence-electron chi connectivity index (χ1n) is 10.7. The molecule has 1 saturated carbocycles. The van der Waals surface area contributed by atoms with Crippen molar-refractivity contribution in [3.05, 3.63) is 71.8 Å². The summed E-state index contributed by atoms with van der Waals surface area (Å²) in [5.41, 5.74) is 2.73. The molecule has 1 aliphatic rings. The van der Waals surface area contributed by atoms with Gasteiger partial charge >= 0.3 is 0 Å². The second-order valence-electron chi connectivity index (χ2n) is 7.91. The summed E-state index contributed by atoms with van der Waals surface area (Å²) >= 11 is 0. The largest absolute Gasteiger partial charge is 0.370 e. The Bertz CT molecular complexity index is 652. The van der Waals surface area contributed by atoms with Gasteiger partial charge in [-0.15, -0.1) is 0 Å². The number of nitrogens with zero attached hydrogens (tertiary/aromatic N) is 1. The van der Waals surface area contributed by atoms with Crippen molar-refractivity contribution in [2.24, 2.45) is 0 Å². The molecule has 0 spiro atoms. The van der Waals surface area contributed by atoms with E-state index in [2.05, 4.69) is 65.6 Å². The van der Waals surface area contributed by atoms with Gasteiger partial charge in [-0.1, -0.05) is 67.6 Å². The normalized spacial score (nSPS) is 19.6. The number of benzene rings is 2. The lowest BCUT2D eigenvalue weighted by atomic mass is 9.91. The standard InChI is InChI=1S/C25H33NO2/c1-2-9-24(27)20-28-25-16-14-23(15-17-25)26(18-21-10-5-3-6-11-21)19-22-12-7-4-8-13-22/h3-8,10-13,23,25H,2,9,14-20H2,1H3. The summed E-state index contributed by atoms with van der Waals surface area (Å²) in [6.45, 7) is 4.28. The fraction of sp³-hybridized carbons (Fsp3) is 0.480. The van der Waals surface area contributed by atoms with E-state index >= 15 is 0 Å². The minimum absolute atomic E-state index is 0.236. The van der Waals surface area contributed by atoms with Gasteiger partial charge in [0.15, 0.2) is 5.78 Å². The number of Topliss-reactive ketones (excluding diaryl/α,β-unsaturated/α-hetero) is 1. The Kier molecular flexibility index (Phi) is 8.25. The van der Waals surface area contributed by atoms with E-state index in [1.807, 2.05) is 6.92 Å². The van der Waals surface area contributed by atoms with E-state index < -0.39 is 0 Å². The van der Waals surface area contributed by atoms with Crippen LogP contribution in [0, 0.1) is 0 Å². The highest BCUT2D eigenvalue weighted by atomic mass is 16.5. The highest BCUT2D eigenvalue weighted by Gasteiger charge is 2.26. The molecule has 0 heterocycles. The quantitative estimate of drug-likeness (QED) is 0.555. The summed E-state index contributed by atoms with van der Waals surface area (Å²) in [6, 6.07) is 22.0. The maximum absolute atomic E-state index is 11.7. The highest BCUT2D eigenvalue weighted by Crippen LogP contribution is 2.27. The zero-order valence-electron chi connectivity index (χ0n) is 17.1. The second-order valence-corrected chi connectivity index (χ2v) is 7.91. The molecular weight excluding hydrogens is 346 g/mol. The van der Waals surface area contributed by atoms with Gasteiger partial charge in [0.05, 0.1) is 6.10 Å². The third-order valence-electron chi connectivity index (χ3n) is 5.63. The lowest BCUT2D eigenvalue weighted by Gasteiger charge is -2.37. The van der Waals surface area contributed by atoms with Crippen molar-refractivity contribution in [3.63, 3.8) is 0 Å². The molecule has 28 heavy (non-hydrogen) atoms. The highest BCUT2D eigenvalue weighted by molar-refractivity contribution is 5.79. The Labute approximate surface area is 169 Å². The van der Waals surface area contributed by atoms with Crippen molar-refractivity contribution >= 4 is 5.78 Å². The summed E-state index contributed by atoms with van der Waals surface area (Å²) < 4.78 is 5.89. The Morgan fingerprint density at radius 3 is 1.93 bits per heavy atom. The van der Waals surface area contributed by atoms with E-state index in [9.17, 15) is 4.79 Å². The zero-order chi connectivity index (χ0) is 19.6. The first-order valence-corrected chi connectivity index (χ1v) is 10.7. The van der Waals surface area contributed by atoms with Gasteiger partial charge in [-0.3, -0.25) is 9.69 Å². The predicted octanol–water partition coefficient (Wildman–Crippen LogP) is 5.39. The van der Waals surface area contributed by atoms with E-state index in [4.69, 9.17) is 4.74 Å². The number of ether oxygens (including phenoxy) is 1. The molecule has 150 valence electrons. The van der Waals surface area contributed by atoms with Crippen molar-refractivity contribution in [2.45, 2.75) is 70.7 Å². The fourth-order valence-corrected chi connectivity index (χ4v) is 4.09. The molecule has 0 aliphatic heterocycles. The molecule has 3 rings (SSSR count). The predicted molar refractivity (Wildman–Crippen MR) is 114 cm³/mol. The average molecular weight is 380 g/mol. The first kappa shape index (κ1) is 20.8. The van der Waals surface area contributed by atoms with Crippen LogP contribution >= 0.6 is 0 Å². The smallest absolute Gasteiger partial charge is 0.158 e. The summed E-state index contributed by atoms with van der Waals surface area (Å²) in [7, 11) is 0. The van der Waals surface area contributed by atoms with E-state index in [1.165, 1.54) is 11.1 Å². The third-order valence-corrected chi connectivity index (χ3v) is 5.63. The molecule has 0 bridgehead atoms. The molecule has 0 unspecified atom stereocenters. The summed E-state index contributed by atoms with van der Waals surface area (Å²) in [5, 5.41) is 0. The fourth-order valence-electron chi connectivity index (χ4n) is 4.09. The lowest BCUT2D eigenvalue weighted by Crippen LogP contribution is -2.39. The van der Waals surface area contributed by atoms with Crippen molar-refractivity contribution in [1.82, 2.24) is 4.90 Å². The molecule has 3 heteroatoms. The Hall–Kier alpha value is -1.97. The molecule has 3 nitrogen and oxygen atoms in total. The lowest BCUT2D eigenvalue weighted by molar-refractivity contribution is -0.126. The van der Waals surface area contributed by atoms with Crippen LogP contribution in [0.25, 0.3) is 0 Å². The Balaban J connectivity index is 1.57. The summed E-state index contributed by atoms with van der Waals surface area (Å²) in [4.78, 5) is 14.3. The Morgan fingerprint density at radius 2 is 1.43 bits per heavy atom. The molecule has 2 aromatic rings. The molecule has 0 saturated heterocycles. The molecule has 1 aliphatic carbocycles. The number of carbonyl (C=O) groups excluding carboxylic acids is 1. The summed E-state index contributed by atoms with van der Waals surface area (Å²) in [5.74, 6) is 0.236. The third kappa shape index (κ3) is 6.57. The van der Waals surface area contributed by atoms with Gasteiger partial charge in [-0.2, -0.15) is 0 Å². The molecule has 0 atom stereocenters. The first-order chi connectivity index (χ1) is 13.7. The van der Waals surface area contributed by atoms with Gasteiger partial charge in [0.1, 0.15) is 6.61 Å². The van der Waals surface area contributed by atoms with Gasteiger partial charge in [0.2, 0.25) is 0 Å². The van der Waals surface area contributed by atoms with Crippen LogP contribution in [0.3, 0.4) is 0 Å². The number of ketones is 1. The van der Waals surface area contributed by atoms with Gasteiger partial charge in [-0.25, -0.2) is 0 Å². The van der Waals surface area contributed by atoms with E-state index in [1.54, 1.807) is 0 Å². The molecule has 0 aromatic heterocycles. The van der Waals surface area contributed by atoms with Gasteiger partial charge in [0, 0.05) is 25.6 Å². The molecular formula is C25H33NO2. The minimum Gasteiger partial charge on any atom is -0.370 e. The van der Waals surface area contributed by atoms with E-state index in [0.717, 1.165) is 45.2 Å². The van der Waals surface area contributed by atoms with E-state index in [-0.39, 0.29) is 11.9 Å². The maximum Gasteiger partial charge on any atom is 0.158 e. The van der Waals surface area contributed by atoms with Crippen LogP contribution in [0.2, 0.25) is 0 Å². The number of carbonyl (C=O) groups is 1. The summed E-state index contributed by atoms with van der Waals surface area (Å²) in [6.07, 6.45) is 6.14. The number of rotatable bonds is 10. The Morgan fingerprint density at radius 1 is 0.893 bits per heavy atom. The van der Waals surface area contributed by atoms with Crippen molar-refractivity contribution in [2.75, 3.05) is 6.61 Å². The van der Waals surface area contributed by atoms with E-state index in [0.29, 0.717) is 19.1 Å². The number of hydrogen-bond acceptors (Lipinski definition) is 3. The van der Waals surface area contributed by atoms with Crippen LogP contribution in [0.15, 0.2) is 60.7 Å². The number of hydrogen-bond donors (Lipinski definition) is 0. The van der Waals surface area contributed by atoms with Crippen LogP contribution in [0.1, 0.15) is 56.6 Å². The monoisotopic (exact) mass is 379 g/mol. The van der Waals surface area contributed by atoms with Crippen molar-refractivity contribution in [3.8, 4) is 0 Å². The molecule has 0 radical (unpaired) electrons. The van der Waals surface area contributed by atoms with Crippen LogP contribution in [-0.4, -0.2) is 29.4 Å². The molecule has 1 fully saturated rings. The SMILES string of the molecule is CCCC(=O)COC1CCC(N(Cc2ccccc2)Cc2ccccc2)CC1. The van der Waals surface area contributed by atoms with Crippen LogP contribution in [0.5, 0.6) is 0 Å².